The molecule has 0 aliphatic heterocycles. The van der Waals surface area contributed by atoms with Crippen molar-refractivity contribution in [3.8, 4) is 12.1 Å². The van der Waals surface area contributed by atoms with Crippen molar-refractivity contribution in [2.24, 2.45) is 5.92 Å². The second-order valence-electron chi connectivity index (χ2n) is 2.21. The Balaban J connectivity index is 3.92. The number of rotatable bonds is 2. The summed E-state index contributed by atoms with van der Waals surface area (Å²) < 4.78 is 0. The van der Waals surface area contributed by atoms with Crippen molar-refractivity contribution >= 4 is 5.91 Å². The molecule has 0 aromatic rings. The van der Waals surface area contributed by atoms with Crippen LogP contribution in [0.1, 0.15) is 13.8 Å². The molecule has 4 heteroatoms. The average molecular weight is 151 g/mol. The highest BCUT2D eigenvalue weighted by atomic mass is 16.1. The second-order valence-corrected chi connectivity index (χ2v) is 2.21. The predicted octanol–water partition coefficient (Wildman–Crippen LogP) is 0.174. The molecule has 0 saturated heterocycles. The molecule has 1 amide bonds. The summed E-state index contributed by atoms with van der Waals surface area (Å²) in [6.45, 7) is 3.04. The lowest BCUT2D eigenvalue weighted by Gasteiger charge is -2.06. The van der Waals surface area contributed by atoms with Gasteiger partial charge >= 0.3 is 0 Å². The van der Waals surface area contributed by atoms with E-state index in [0.717, 1.165) is 0 Å². The summed E-state index contributed by atoms with van der Waals surface area (Å²) in [5.41, 5.74) is 0. The Morgan fingerprint density at radius 1 is 1.36 bits per heavy atom. The molecule has 0 aromatic carbocycles. The molecule has 11 heavy (non-hydrogen) atoms. The van der Waals surface area contributed by atoms with Crippen LogP contribution in [0.15, 0.2) is 0 Å². The summed E-state index contributed by atoms with van der Waals surface area (Å²) in [6.07, 6.45) is 0. The molecule has 58 valence electrons. The minimum atomic E-state index is -0.689. The Morgan fingerprint density at radius 2 is 1.91 bits per heavy atom. The van der Waals surface area contributed by atoms with Gasteiger partial charge in [-0.05, 0) is 13.8 Å². The largest absolute Gasteiger partial charge is 0.339 e. The maximum Gasteiger partial charge on any atom is 0.238 e. The number of nitrogens with one attached hydrogen (secondary N) is 1. The molecule has 0 saturated carbocycles. The van der Waals surface area contributed by atoms with Gasteiger partial charge in [-0.2, -0.15) is 10.5 Å². The number of amides is 1. The van der Waals surface area contributed by atoms with Crippen molar-refractivity contribution in [1.29, 1.82) is 10.5 Å². The van der Waals surface area contributed by atoms with Crippen molar-refractivity contribution in [2.75, 3.05) is 0 Å². The number of hydrogen-bond acceptors (Lipinski definition) is 3. The van der Waals surface area contributed by atoms with Crippen molar-refractivity contribution in [1.82, 2.24) is 5.32 Å². The van der Waals surface area contributed by atoms with Gasteiger partial charge in [-0.3, -0.25) is 4.79 Å². The highest BCUT2D eigenvalue weighted by Gasteiger charge is 2.12. The zero-order valence-electron chi connectivity index (χ0n) is 6.46. The van der Waals surface area contributed by atoms with Gasteiger partial charge in [0.15, 0.2) is 0 Å². The second kappa shape index (κ2) is 4.29. The SMILES string of the molecule is CC(C#N)NC(=O)C(C)C#N. The molecule has 2 unspecified atom stereocenters. The number of nitrogens with zero attached hydrogens (tertiary/aromatic N) is 2. The van der Waals surface area contributed by atoms with E-state index in [4.69, 9.17) is 10.5 Å². The molecule has 0 aromatic heterocycles. The van der Waals surface area contributed by atoms with Gasteiger partial charge in [0, 0.05) is 0 Å². The summed E-state index contributed by atoms with van der Waals surface area (Å²) in [7, 11) is 0. The van der Waals surface area contributed by atoms with Crippen LogP contribution in [-0.2, 0) is 4.79 Å². The first-order chi connectivity index (χ1) is 5.11. The van der Waals surface area contributed by atoms with Crippen LogP contribution < -0.4 is 5.32 Å². The maximum atomic E-state index is 10.9. The third-order valence-corrected chi connectivity index (χ3v) is 1.14. The van der Waals surface area contributed by atoms with E-state index in [1.54, 1.807) is 13.0 Å². The molecule has 0 heterocycles. The lowest BCUT2D eigenvalue weighted by molar-refractivity contribution is -0.123. The molecule has 0 rings (SSSR count). The molecule has 2 atom stereocenters. The summed E-state index contributed by atoms with van der Waals surface area (Å²) in [5.74, 6) is -1.09. The van der Waals surface area contributed by atoms with Gasteiger partial charge in [0.05, 0.1) is 12.1 Å². The van der Waals surface area contributed by atoms with Crippen molar-refractivity contribution < 1.29 is 4.79 Å². The topological polar surface area (TPSA) is 76.7 Å². The smallest absolute Gasteiger partial charge is 0.238 e. The van der Waals surface area contributed by atoms with E-state index in [2.05, 4.69) is 5.32 Å². The van der Waals surface area contributed by atoms with E-state index in [-0.39, 0.29) is 0 Å². The monoisotopic (exact) mass is 151 g/mol. The summed E-state index contributed by atoms with van der Waals surface area (Å²) in [4.78, 5) is 10.9. The van der Waals surface area contributed by atoms with Gasteiger partial charge in [0.2, 0.25) is 5.91 Å². The molecule has 4 nitrogen and oxygen atoms in total. The first kappa shape index (κ1) is 9.45. The van der Waals surface area contributed by atoms with Gasteiger partial charge in [-0.1, -0.05) is 0 Å². The average Bonchev–Trinajstić information content (AvgIpc) is 2.02. The van der Waals surface area contributed by atoms with Crippen LogP contribution in [-0.4, -0.2) is 11.9 Å². The normalized spacial score (nSPS) is 13.8. The Morgan fingerprint density at radius 3 is 2.27 bits per heavy atom. The Hall–Kier alpha value is -1.55. The van der Waals surface area contributed by atoms with Crippen molar-refractivity contribution in [3.05, 3.63) is 0 Å². The van der Waals surface area contributed by atoms with Crippen LogP contribution in [0.5, 0.6) is 0 Å². The summed E-state index contributed by atoms with van der Waals surface area (Å²) in [6, 6.07) is 3.08. The van der Waals surface area contributed by atoms with Crippen LogP contribution in [0.2, 0.25) is 0 Å². The van der Waals surface area contributed by atoms with Gasteiger partial charge in [-0.25, -0.2) is 0 Å². The molecule has 0 bridgehead atoms. The van der Waals surface area contributed by atoms with E-state index in [1.165, 1.54) is 6.92 Å². The predicted molar refractivity (Wildman–Crippen MR) is 38.0 cm³/mol. The third-order valence-electron chi connectivity index (χ3n) is 1.14. The van der Waals surface area contributed by atoms with Crippen molar-refractivity contribution in [3.63, 3.8) is 0 Å². The fourth-order valence-electron chi connectivity index (χ4n) is 0.429. The highest BCUT2D eigenvalue weighted by molar-refractivity contribution is 5.81. The first-order valence-corrected chi connectivity index (χ1v) is 3.21. The van der Waals surface area contributed by atoms with Gasteiger partial charge < -0.3 is 5.32 Å². The van der Waals surface area contributed by atoms with Gasteiger partial charge in [0.1, 0.15) is 12.0 Å². The van der Waals surface area contributed by atoms with E-state index >= 15 is 0 Å². The number of carbonyl (C=O) groups is 1. The summed E-state index contributed by atoms with van der Waals surface area (Å²) >= 11 is 0. The molecule has 0 spiro atoms. The molecular weight excluding hydrogens is 142 g/mol. The molecular formula is C7H9N3O. The van der Waals surface area contributed by atoms with Crippen LogP contribution in [0, 0.1) is 28.6 Å². The summed E-state index contributed by atoms with van der Waals surface area (Å²) in [5, 5.41) is 18.9. The van der Waals surface area contributed by atoms with Crippen LogP contribution in [0.4, 0.5) is 0 Å². The van der Waals surface area contributed by atoms with E-state index in [1.807, 2.05) is 6.07 Å². The van der Waals surface area contributed by atoms with Crippen LogP contribution >= 0.6 is 0 Å². The van der Waals surface area contributed by atoms with Crippen LogP contribution in [0.25, 0.3) is 0 Å². The highest BCUT2D eigenvalue weighted by Crippen LogP contribution is 1.91. The number of carbonyl (C=O) groups excluding carboxylic acids is 1. The Labute approximate surface area is 65.4 Å². The van der Waals surface area contributed by atoms with Gasteiger partial charge in [-0.15, -0.1) is 0 Å². The molecule has 0 aliphatic rings. The quantitative estimate of drug-likeness (QED) is 0.611. The maximum absolute atomic E-state index is 10.9. The van der Waals surface area contributed by atoms with Crippen LogP contribution in [0.3, 0.4) is 0 Å². The minimum absolute atomic E-state index is 0.401. The minimum Gasteiger partial charge on any atom is -0.339 e. The number of hydrogen-bond donors (Lipinski definition) is 1. The zero-order chi connectivity index (χ0) is 8.85. The van der Waals surface area contributed by atoms with E-state index < -0.39 is 17.9 Å². The van der Waals surface area contributed by atoms with Gasteiger partial charge in [0.25, 0.3) is 0 Å². The first-order valence-electron chi connectivity index (χ1n) is 3.21. The van der Waals surface area contributed by atoms with Crippen molar-refractivity contribution in [2.45, 2.75) is 19.9 Å². The molecule has 0 radical (unpaired) electrons. The zero-order valence-corrected chi connectivity index (χ0v) is 6.46. The lowest BCUT2D eigenvalue weighted by Crippen LogP contribution is -2.34. The number of nitriles is 2. The fraction of sp³-hybridized carbons (Fsp3) is 0.571. The molecule has 1 N–H and O–H groups in total. The third kappa shape index (κ3) is 3.22. The lowest BCUT2D eigenvalue weighted by atomic mass is 10.2. The Kier molecular flexibility index (Phi) is 3.69. The molecule has 0 fully saturated rings. The standard InChI is InChI=1S/C7H9N3O/c1-5(3-8)7(11)10-6(2)4-9/h5-6H,1-2H3,(H,10,11). The molecule has 0 aliphatic carbocycles. The van der Waals surface area contributed by atoms with E-state index in [0.29, 0.717) is 0 Å². The van der Waals surface area contributed by atoms with E-state index in [9.17, 15) is 4.79 Å². The fourth-order valence-corrected chi connectivity index (χ4v) is 0.429. The Bertz CT molecular complexity index is 223.